The van der Waals surface area contributed by atoms with Crippen LogP contribution in [0, 0.1) is 19.8 Å². The first-order valence-corrected chi connectivity index (χ1v) is 10.7. The molecule has 144 valence electrons. The predicted octanol–water partition coefficient (Wildman–Crippen LogP) is 3.51. The lowest BCUT2D eigenvalue weighted by Gasteiger charge is -2.36. The Morgan fingerprint density at radius 2 is 2.00 bits per heavy atom. The Bertz CT molecular complexity index is 772. The zero-order valence-electron chi connectivity index (χ0n) is 16.1. The number of amides is 1. The number of hydrogen-bond donors (Lipinski definition) is 0. The molecule has 0 aliphatic carbocycles. The Morgan fingerprint density at radius 1 is 1.19 bits per heavy atom. The van der Waals surface area contributed by atoms with Crippen LogP contribution in [0.5, 0.6) is 0 Å². The summed E-state index contributed by atoms with van der Waals surface area (Å²) < 4.78 is 5.33. The van der Waals surface area contributed by atoms with Crippen LogP contribution < -0.4 is 0 Å². The number of thioether (sulfide) groups is 1. The Balaban J connectivity index is 1.39. The number of piperidine rings is 1. The number of nitrogens with zero attached hydrogens (tertiary/aromatic N) is 3. The summed E-state index contributed by atoms with van der Waals surface area (Å²) in [5.74, 6) is 2.28. The van der Waals surface area contributed by atoms with Crippen LogP contribution in [0.3, 0.4) is 0 Å². The van der Waals surface area contributed by atoms with Gasteiger partial charge >= 0.3 is 0 Å². The molecule has 5 nitrogen and oxygen atoms in total. The molecule has 2 aromatic rings. The zero-order chi connectivity index (χ0) is 18.8. The fourth-order valence-electron chi connectivity index (χ4n) is 4.31. The molecular formula is C21H27N3O2S. The molecule has 2 atom stereocenters. The minimum Gasteiger partial charge on any atom is -0.361 e. The molecule has 3 aliphatic heterocycles. The lowest BCUT2D eigenvalue weighted by molar-refractivity contribution is -0.132. The monoisotopic (exact) mass is 385 g/mol. The average molecular weight is 386 g/mol. The first-order valence-electron chi connectivity index (χ1n) is 9.71. The molecule has 6 heteroatoms. The number of rotatable bonds is 5. The lowest BCUT2D eigenvalue weighted by Crippen LogP contribution is -2.48. The molecule has 3 aliphatic rings. The number of benzene rings is 1. The van der Waals surface area contributed by atoms with Crippen LogP contribution in [-0.2, 0) is 11.3 Å². The van der Waals surface area contributed by atoms with Crippen LogP contribution in [0.1, 0.15) is 29.9 Å². The van der Waals surface area contributed by atoms with Crippen molar-refractivity contribution >= 4 is 17.7 Å². The van der Waals surface area contributed by atoms with E-state index in [1.54, 1.807) is 11.8 Å². The van der Waals surface area contributed by atoms with Crippen molar-refractivity contribution in [3.63, 3.8) is 0 Å². The van der Waals surface area contributed by atoms with E-state index in [0.717, 1.165) is 48.9 Å². The van der Waals surface area contributed by atoms with E-state index in [9.17, 15) is 4.79 Å². The maximum atomic E-state index is 12.9. The van der Waals surface area contributed by atoms with E-state index in [2.05, 4.69) is 27.1 Å². The van der Waals surface area contributed by atoms with E-state index >= 15 is 0 Å². The molecule has 1 amide bonds. The molecule has 0 spiro atoms. The maximum Gasteiger partial charge on any atom is 0.233 e. The van der Waals surface area contributed by atoms with Crippen molar-refractivity contribution in [1.82, 2.24) is 15.0 Å². The van der Waals surface area contributed by atoms with Crippen molar-refractivity contribution in [3.05, 3.63) is 47.3 Å². The fraction of sp³-hybridized carbons (Fsp3) is 0.524. The van der Waals surface area contributed by atoms with Gasteiger partial charge in [-0.25, -0.2) is 0 Å². The van der Waals surface area contributed by atoms with Gasteiger partial charge in [0.15, 0.2) is 0 Å². The van der Waals surface area contributed by atoms with E-state index in [0.29, 0.717) is 17.7 Å². The summed E-state index contributed by atoms with van der Waals surface area (Å²) in [6.07, 6.45) is 2.34. The molecule has 3 fully saturated rings. The molecule has 1 aromatic carbocycles. The Hall–Kier alpha value is -1.79. The molecular weight excluding hydrogens is 358 g/mol. The van der Waals surface area contributed by atoms with Gasteiger partial charge in [0.2, 0.25) is 5.91 Å². The van der Waals surface area contributed by atoms with E-state index in [4.69, 9.17) is 4.52 Å². The molecule has 5 rings (SSSR count). The van der Waals surface area contributed by atoms with Gasteiger partial charge in [-0.15, -0.1) is 11.8 Å². The molecule has 2 bridgehead atoms. The van der Waals surface area contributed by atoms with Crippen LogP contribution in [0.2, 0.25) is 0 Å². The van der Waals surface area contributed by atoms with Crippen LogP contribution in [0.4, 0.5) is 0 Å². The topological polar surface area (TPSA) is 49.6 Å². The molecule has 27 heavy (non-hydrogen) atoms. The lowest BCUT2D eigenvalue weighted by atomic mass is 9.95. The normalized spacial score (nSPS) is 22.8. The molecule has 3 saturated heterocycles. The Morgan fingerprint density at radius 3 is 2.74 bits per heavy atom. The van der Waals surface area contributed by atoms with Crippen molar-refractivity contribution in [3.8, 4) is 0 Å². The van der Waals surface area contributed by atoms with Gasteiger partial charge in [0.25, 0.3) is 0 Å². The highest BCUT2D eigenvalue weighted by Crippen LogP contribution is 2.30. The quantitative estimate of drug-likeness (QED) is 0.737. The average Bonchev–Trinajstić information content (AvgIpc) is 2.86. The van der Waals surface area contributed by atoms with Crippen molar-refractivity contribution in [2.24, 2.45) is 5.92 Å². The third-order valence-electron chi connectivity index (χ3n) is 5.78. The first kappa shape index (κ1) is 18.6. The number of hydrogen-bond acceptors (Lipinski definition) is 5. The molecule has 0 unspecified atom stereocenters. The van der Waals surface area contributed by atoms with Crippen LogP contribution in [0.15, 0.2) is 39.8 Å². The van der Waals surface area contributed by atoms with Gasteiger partial charge < -0.3 is 9.42 Å². The fourth-order valence-corrected chi connectivity index (χ4v) is 5.12. The maximum absolute atomic E-state index is 12.9. The number of carbonyl (C=O) groups is 1. The smallest absolute Gasteiger partial charge is 0.233 e. The minimum atomic E-state index is 0.276. The number of fused-ring (bicyclic) bond motifs is 4. The SMILES string of the molecule is Cc1noc(C)c1CN1C[C@H]2CC[C@@H](C1)N(C(=O)CSc1ccccc1)C2. The summed E-state index contributed by atoms with van der Waals surface area (Å²) >= 11 is 1.64. The highest BCUT2D eigenvalue weighted by Gasteiger charge is 2.37. The van der Waals surface area contributed by atoms with Crippen LogP contribution >= 0.6 is 11.8 Å². The summed E-state index contributed by atoms with van der Waals surface area (Å²) in [6, 6.07) is 10.5. The third kappa shape index (κ3) is 4.22. The van der Waals surface area contributed by atoms with Gasteiger partial charge in [-0.05, 0) is 44.7 Å². The molecule has 0 saturated carbocycles. The molecule has 0 radical (unpaired) electrons. The van der Waals surface area contributed by atoms with E-state index in [1.165, 1.54) is 12.0 Å². The highest BCUT2D eigenvalue weighted by molar-refractivity contribution is 8.00. The van der Waals surface area contributed by atoms with Gasteiger partial charge in [-0.3, -0.25) is 9.69 Å². The standard InChI is InChI=1S/C21H27N3O2S/c1-15-20(16(2)26-22-15)13-23-10-17-8-9-18(12-23)24(11-17)21(25)14-27-19-6-4-3-5-7-19/h3-7,17-18H,8-14H2,1-2H3/t17-,18+/m1/s1. The molecule has 1 aromatic heterocycles. The van der Waals surface area contributed by atoms with Gasteiger partial charge in [0.1, 0.15) is 5.76 Å². The van der Waals surface area contributed by atoms with Gasteiger partial charge in [-0.2, -0.15) is 0 Å². The zero-order valence-corrected chi connectivity index (χ0v) is 16.9. The summed E-state index contributed by atoms with van der Waals surface area (Å²) in [7, 11) is 0. The summed E-state index contributed by atoms with van der Waals surface area (Å²) in [5, 5.41) is 4.09. The Kier molecular flexibility index (Phi) is 5.55. The predicted molar refractivity (Wildman–Crippen MR) is 107 cm³/mol. The number of aromatic nitrogens is 1. The Labute approximate surface area is 165 Å². The number of carbonyl (C=O) groups excluding carboxylic acids is 1. The van der Waals surface area contributed by atoms with Gasteiger partial charge in [0.05, 0.1) is 11.4 Å². The van der Waals surface area contributed by atoms with E-state index in [1.807, 2.05) is 32.0 Å². The van der Waals surface area contributed by atoms with Crippen molar-refractivity contribution in [1.29, 1.82) is 0 Å². The van der Waals surface area contributed by atoms with E-state index in [-0.39, 0.29) is 5.91 Å². The van der Waals surface area contributed by atoms with Crippen molar-refractivity contribution in [2.45, 2.75) is 44.2 Å². The molecule has 4 heterocycles. The van der Waals surface area contributed by atoms with Crippen LogP contribution in [-0.4, -0.2) is 52.3 Å². The van der Waals surface area contributed by atoms with Crippen LogP contribution in [0.25, 0.3) is 0 Å². The van der Waals surface area contributed by atoms with E-state index < -0.39 is 0 Å². The number of aryl methyl sites for hydroxylation is 2. The molecule has 0 N–H and O–H groups in total. The summed E-state index contributed by atoms with van der Waals surface area (Å²) in [4.78, 5) is 18.7. The second kappa shape index (κ2) is 8.07. The van der Waals surface area contributed by atoms with Gasteiger partial charge in [0, 0.05) is 42.7 Å². The second-order valence-electron chi connectivity index (χ2n) is 7.74. The van der Waals surface area contributed by atoms with Gasteiger partial charge in [-0.1, -0.05) is 23.4 Å². The van der Waals surface area contributed by atoms with Crippen molar-refractivity contribution in [2.75, 3.05) is 25.4 Å². The third-order valence-corrected chi connectivity index (χ3v) is 6.77. The highest BCUT2D eigenvalue weighted by atomic mass is 32.2. The first-order chi connectivity index (χ1) is 13.1. The van der Waals surface area contributed by atoms with Crippen molar-refractivity contribution < 1.29 is 9.32 Å². The second-order valence-corrected chi connectivity index (χ2v) is 8.79. The largest absolute Gasteiger partial charge is 0.361 e. The summed E-state index contributed by atoms with van der Waals surface area (Å²) in [5.41, 5.74) is 2.19. The minimum absolute atomic E-state index is 0.276. The summed E-state index contributed by atoms with van der Waals surface area (Å²) in [6.45, 7) is 7.76.